The van der Waals surface area contributed by atoms with Crippen LogP contribution in [0.15, 0.2) is 60.0 Å². The molecule has 0 bridgehead atoms. The van der Waals surface area contributed by atoms with Crippen LogP contribution in [0.2, 0.25) is 0 Å². The summed E-state index contributed by atoms with van der Waals surface area (Å²) in [5, 5.41) is 27.1. The van der Waals surface area contributed by atoms with Crippen molar-refractivity contribution in [2.24, 2.45) is 0 Å². The molecular formula is C26H24N6O5S. The number of carbonyl (C=O) groups is 4. The Labute approximate surface area is 220 Å². The molecule has 0 unspecified atom stereocenters. The van der Waals surface area contributed by atoms with E-state index < -0.39 is 23.9 Å². The average molecular weight is 533 g/mol. The van der Waals surface area contributed by atoms with Crippen molar-refractivity contribution in [3.8, 4) is 0 Å². The van der Waals surface area contributed by atoms with Gasteiger partial charge in [0, 0.05) is 33.6 Å². The van der Waals surface area contributed by atoms with Crippen molar-refractivity contribution in [3.05, 3.63) is 76.0 Å². The zero-order chi connectivity index (χ0) is 26.6. The Morgan fingerprint density at radius 2 is 1.82 bits per heavy atom. The normalized spacial score (nSPS) is 14.8. The number of nitrogens with one attached hydrogen (secondary N) is 4. The Kier molecular flexibility index (Phi) is 7.05. The van der Waals surface area contributed by atoms with E-state index in [1.807, 2.05) is 17.5 Å². The van der Waals surface area contributed by atoms with E-state index >= 15 is 0 Å². The highest BCUT2D eigenvalue weighted by Crippen LogP contribution is 2.23. The number of H-pyrrole nitrogens is 1. The highest BCUT2D eigenvalue weighted by molar-refractivity contribution is 7.09. The molecule has 1 atom stereocenters. The third kappa shape index (κ3) is 5.34. The standard InChI is InChI=1S/C26H24N6O5S/c33-23(27-14-18-3-2-12-38-18)16-7-10-20-19(13-16)22(31-30-20)29-24(34)15-5-8-17(9-6-15)28-25(35)21-4-1-11-32(21)26(36)37/h2-3,5-10,12-13,21H,1,4,11,14H2,(H,27,33)(H,28,35)(H,36,37)(H2,29,30,31,34)/t21-/m0/s1. The second-order valence-corrected chi connectivity index (χ2v) is 9.78. The van der Waals surface area contributed by atoms with Gasteiger partial charge in [-0.1, -0.05) is 6.07 Å². The van der Waals surface area contributed by atoms with Crippen LogP contribution in [-0.2, 0) is 11.3 Å². The number of benzene rings is 2. The number of rotatable bonds is 7. The summed E-state index contributed by atoms with van der Waals surface area (Å²) in [6.45, 7) is 0.758. The molecule has 2 aromatic heterocycles. The van der Waals surface area contributed by atoms with E-state index in [1.165, 1.54) is 0 Å². The lowest BCUT2D eigenvalue weighted by Crippen LogP contribution is -2.42. The Balaban J connectivity index is 1.23. The molecule has 0 aliphatic carbocycles. The van der Waals surface area contributed by atoms with Gasteiger partial charge >= 0.3 is 6.09 Å². The topological polar surface area (TPSA) is 157 Å². The molecule has 1 saturated heterocycles. The zero-order valence-corrected chi connectivity index (χ0v) is 20.9. The number of nitrogens with zero attached hydrogens (tertiary/aromatic N) is 2. The van der Waals surface area contributed by atoms with Crippen molar-refractivity contribution in [1.29, 1.82) is 0 Å². The number of carboxylic acid groups (broad SMARTS) is 1. The fourth-order valence-corrected chi connectivity index (χ4v) is 4.96. The molecule has 1 aliphatic heterocycles. The van der Waals surface area contributed by atoms with E-state index in [9.17, 15) is 24.3 Å². The fraction of sp³-hybridized carbons (Fsp3) is 0.192. The maximum atomic E-state index is 12.9. The Morgan fingerprint density at radius 3 is 2.55 bits per heavy atom. The quantitative estimate of drug-likeness (QED) is 0.243. The van der Waals surface area contributed by atoms with Gasteiger partial charge in [-0.15, -0.1) is 11.3 Å². The molecule has 5 rings (SSSR count). The van der Waals surface area contributed by atoms with E-state index in [0.717, 1.165) is 9.78 Å². The monoisotopic (exact) mass is 532 g/mol. The van der Waals surface area contributed by atoms with Gasteiger partial charge in [-0.2, -0.15) is 5.10 Å². The predicted molar refractivity (Wildman–Crippen MR) is 142 cm³/mol. The van der Waals surface area contributed by atoms with E-state index in [1.54, 1.807) is 53.8 Å². The summed E-state index contributed by atoms with van der Waals surface area (Å²) in [6.07, 6.45) is -0.0207. The van der Waals surface area contributed by atoms with Crippen molar-refractivity contribution in [1.82, 2.24) is 20.4 Å². The summed E-state index contributed by atoms with van der Waals surface area (Å²) in [5.41, 5.74) is 1.88. The first-order valence-corrected chi connectivity index (χ1v) is 12.8. The van der Waals surface area contributed by atoms with Crippen LogP contribution in [0, 0.1) is 0 Å². The highest BCUT2D eigenvalue weighted by Gasteiger charge is 2.34. The maximum Gasteiger partial charge on any atom is 0.407 e. The van der Waals surface area contributed by atoms with Gasteiger partial charge in [0.25, 0.3) is 11.8 Å². The number of aromatic amines is 1. The van der Waals surface area contributed by atoms with Gasteiger partial charge in [-0.3, -0.25) is 24.4 Å². The Hall–Kier alpha value is -4.71. The molecule has 4 aromatic rings. The lowest BCUT2D eigenvalue weighted by molar-refractivity contribution is -0.119. The van der Waals surface area contributed by atoms with Crippen LogP contribution in [0.3, 0.4) is 0 Å². The number of hydrogen-bond donors (Lipinski definition) is 5. The molecule has 0 saturated carbocycles. The van der Waals surface area contributed by atoms with Crippen molar-refractivity contribution in [3.63, 3.8) is 0 Å². The van der Waals surface area contributed by atoms with Crippen LogP contribution in [-0.4, -0.2) is 56.6 Å². The molecule has 1 fully saturated rings. The number of thiophene rings is 1. The number of aromatic nitrogens is 2. The third-order valence-corrected chi connectivity index (χ3v) is 7.15. The molecule has 4 amide bonds. The molecule has 0 spiro atoms. The fourth-order valence-electron chi connectivity index (χ4n) is 4.31. The van der Waals surface area contributed by atoms with Crippen LogP contribution in [0.1, 0.15) is 38.4 Å². The minimum Gasteiger partial charge on any atom is -0.465 e. The highest BCUT2D eigenvalue weighted by atomic mass is 32.1. The van der Waals surface area contributed by atoms with Gasteiger partial charge in [0.15, 0.2) is 5.82 Å². The van der Waals surface area contributed by atoms with Crippen LogP contribution in [0.4, 0.5) is 16.3 Å². The van der Waals surface area contributed by atoms with Crippen molar-refractivity contribution in [2.45, 2.75) is 25.4 Å². The molecule has 3 heterocycles. The summed E-state index contributed by atoms with van der Waals surface area (Å²) in [5.74, 6) is -0.775. The number of likely N-dealkylation sites (tertiary alicyclic amines) is 1. The SMILES string of the molecule is O=C(NCc1cccs1)c1ccc2[nH]nc(NC(=O)c3ccc(NC(=O)[C@@H]4CCCN4C(=O)O)cc3)c2c1. The molecule has 194 valence electrons. The van der Waals surface area contributed by atoms with Crippen LogP contribution in [0.5, 0.6) is 0 Å². The van der Waals surface area contributed by atoms with Crippen molar-refractivity contribution >= 4 is 57.6 Å². The van der Waals surface area contributed by atoms with Crippen molar-refractivity contribution < 1.29 is 24.3 Å². The lowest BCUT2D eigenvalue weighted by atomic mass is 10.1. The van der Waals surface area contributed by atoms with Crippen LogP contribution in [0.25, 0.3) is 10.9 Å². The van der Waals surface area contributed by atoms with Gasteiger partial charge in [0.1, 0.15) is 6.04 Å². The molecular weight excluding hydrogens is 508 g/mol. The van der Waals surface area contributed by atoms with Gasteiger partial charge in [-0.05, 0) is 66.8 Å². The lowest BCUT2D eigenvalue weighted by Gasteiger charge is -2.20. The molecule has 38 heavy (non-hydrogen) atoms. The predicted octanol–water partition coefficient (Wildman–Crippen LogP) is 3.89. The van der Waals surface area contributed by atoms with E-state index in [4.69, 9.17) is 0 Å². The van der Waals surface area contributed by atoms with E-state index in [0.29, 0.717) is 53.6 Å². The Morgan fingerprint density at radius 1 is 1.03 bits per heavy atom. The summed E-state index contributed by atoms with van der Waals surface area (Å²) >= 11 is 1.56. The minimum atomic E-state index is -1.12. The second-order valence-electron chi connectivity index (χ2n) is 8.75. The van der Waals surface area contributed by atoms with Crippen molar-refractivity contribution in [2.75, 3.05) is 17.2 Å². The number of anilines is 2. The van der Waals surface area contributed by atoms with Gasteiger partial charge < -0.3 is 21.1 Å². The molecule has 1 aliphatic rings. The first-order valence-electron chi connectivity index (χ1n) is 11.9. The van der Waals surface area contributed by atoms with Gasteiger partial charge in [0.05, 0.1) is 12.1 Å². The van der Waals surface area contributed by atoms with E-state index in [-0.39, 0.29) is 11.7 Å². The summed E-state index contributed by atoms with van der Waals surface area (Å²) in [6, 6.07) is 14.5. The average Bonchev–Trinajstić information content (AvgIpc) is 3.69. The Bertz CT molecular complexity index is 1500. The second kappa shape index (κ2) is 10.7. The van der Waals surface area contributed by atoms with Crippen LogP contribution >= 0.6 is 11.3 Å². The molecule has 0 radical (unpaired) electrons. The number of hydrogen-bond acceptors (Lipinski definition) is 6. The third-order valence-electron chi connectivity index (χ3n) is 6.28. The summed E-state index contributed by atoms with van der Waals surface area (Å²) in [7, 11) is 0. The first-order chi connectivity index (χ1) is 18.4. The smallest absolute Gasteiger partial charge is 0.407 e. The zero-order valence-electron chi connectivity index (χ0n) is 20.1. The van der Waals surface area contributed by atoms with Gasteiger partial charge in [0.2, 0.25) is 5.91 Å². The molecule has 12 heteroatoms. The summed E-state index contributed by atoms with van der Waals surface area (Å²) in [4.78, 5) is 51.5. The number of fused-ring (bicyclic) bond motifs is 1. The first kappa shape index (κ1) is 25.0. The molecule has 5 N–H and O–H groups in total. The largest absolute Gasteiger partial charge is 0.465 e. The number of carbonyl (C=O) groups excluding carboxylic acids is 3. The summed E-state index contributed by atoms with van der Waals surface area (Å²) < 4.78 is 0. The van der Waals surface area contributed by atoms with Crippen LogP contribution < -0.4 is 16.0 Å². The molecule has 11 nitrogen and oxygen atoms in total. The maximum absolute atomic E-state index is 12.9. The minimum absolute atomic E-state index is 0.236. The molecule has 2 aromatic carbocycles. The van der Waals surface area contributed by atoms with E-state index in [2.05, 4.69) is 26.1 Å². The van der Waals surface area contributed by atoms with Gasteiger partial charge in [-0.25, -0.2) is 4.79 Å². The number of amides is 4.